The van der Waals surface area contributed by atoms with Crippen molar-refractivity contribution in [2.24, 2.45) is 7.05 Å². The van der Waals surface area contributed by atoms with Crippen LogP contribution in [0.4, 0.5) is 0 Å². The van der Waals surface area contributed by atoms with Crippen LogP contribution in [0, 0.1) is 0 Å². The lowest BCUT2D eigenvalue weighted by Gasteiger charge is -2.10. The fourth-order valence-corrected chi connectivity index (χ4v) is 1.29. The Balaban J connectivity index is 0.00000289. The van der Waals surface area contributed by atoms with Crippen LogP contribution in [0.3, 0.4) is 0 Å². The van der Waals surface area contributed by atoms with Crippen molar-refractivity contribution in [3.05, 3.63) is 18.7 Å². The molecule has 0 saturated heterocycles. The summed E-state index contributed by atoms with van der Waals surface area (Å²) in [7, 11) is 1.85. The summed E-state index contributed by atoms with van der Waals surface area (Å²) >= 11 is 0. The van der Waals surface area contributed by atoms with Gasteiger partial charge < -0.3 is 26.5 Å². The van der Waals surface area contributed by atoms with Crippen LogP contribution in [0.25, 0.3) is 0 Å². The normalized spacial score (nSPS) is 11.3. The second-order valence-corrected chi connectivity index (χ2v) is 3.64. The summed E-state index contributed by atoms with van der Waals surface area (Å²) in [4.78, 5) is 22.7. The van der Waals surface area contributed by atoms with Crippen LogP contribution >= 0.6 is 0 Å². The first kappa shape index (κ1) is 16.6. The molecule has 0 aliphatic carbocycles. The first-order valence-corrected chi connectivity index (χ1v) is 5.40. The number of rotatable bonds is 5. The van der Waals surface area contributed by atoms with Gasteiger partial charge in [0, 0.05) is 0 Å². The van der Waals surface area contributed by atoms with Crippen molar-refractivity contribution < 1.29 is 40.6 Å². The molecule has 1 unspecified atom stereocenters. The van der Waals surface area contributed by atoms with Crippen molar-refractivity contribution >= 4 is 11.9 Å². The molecule has 0 bridgehead atoms. The molecule has 1 heterocycles. The standard InChI is InChI=1S/C11H17N2O4.BrH/c1-4-16-11(15)9(2)17-10(14)7-13-6-5-12(3)8-13;/h5-6,8-9H,4,7H2,1-3H3;1H/q+1;/p-1. The molecule has 6 nitrogen and oxygen atoms in total. The van der Waals surface area contributed by atoms with Crippen LogP contribution in [-0.4, -0.2) is 29.2 Å². The number of hydrogen-bond donors (Lipinski definition) is 0. The molecule has 0 aliphatic heterocycles. The van der Waals surface area contributed by atoms with Gasteiger partial charge in [0.15, 0.2) is 12.6 Å². The highest BCUT2D eigenvalue weighted by atomic mass is 79.9. The van der Waals surface area contributed by atoms with Gasteiger partial charge in [-0.15, -0.1) is 0 Å². The lowest BCUT2D eigenvalue weighted by Crippen LogP contribution is -3.00. The minimum Gasteiger partial charge on any atom is -1.00 e. The van der Waals surface area contributed by atoms with E-state index in [2.05, 4.69) is 0 Å². The number of hydrogen-bond acceptors (Lipinski definition) is 4. The fraction of sp³-hybridized carbons (Fsp3) is 0.545. The molecule has 18 heavy (non-hydrogen) atoms. The Labute approximate surface area is 116 Å². The van der Waals surface area contributed by atoms with Crippen LogP contribution < -0.4 is 21.5 Å². The molecule has 0 saturated carbocycles. The van der Waals surface area contributed by atoms with Gasteiger partial charge >= 0.3 is 11.9 Å². The zero-order valence-corrected chi connectivity index (χ0v) is 12.2. The average Bonchev–Trinajstić information content (AvgIpc) is 2.64. The number of ether oxygens (including phenoxy) is 2. The molecular formula is C11H17BrN2O4. The van der Waals surface area contributed by atoms with E-state index in [0.717, 1.165) is 0 Å². The predicted octanol–water partition coefficient (Wildman–Crippen LogP) is -3.19. The second kappa shape index (κ2) is 7.86. The summed E-state index contributed by atoms with van der Waals surface area (Å²) in [6.07, 6.45) is 4.43. The van der Waals surface area contributed by atoms with Crippen LogP contribution in [0.2, 0.25) is 0 Å². The Morgan fingerprint density at radius 3 is 2.61 bits per heavy atom. The molecule has 1 aromatic heterocycles. The molecular weight excluding hydrogens is 304 g/mol. The number of carbonyl (C=O) groups excluding carboxylic acids is 2. The Kier molecular flexibility index (Phi) is 7.26. The SMILES string of the molecule is CCOC(=O)C(C)OC(=O)C[n+]1ccn(C)c1.[Br-]. The molecule has 0 spiro atoms. The summed E-state index contributed by atoms with van der Waals surface area (Å²) < 4.78 is 13.1. The third-order valence-electron chi connectivity index (χ3n) is 2.06. The average molecular weight is 321 g/mol. The fourth-order valence-electron chi connectivity index (χ4n) is 1.29. The van der Waals surface area contributed by atoms with Gasteiger partial charge in [0.2, 0.25) is 6.33 Å². The van der Waals surface area contributed by atoms with Crippen molar-refractivity contribution in [2.75, 3.05) is 6.61 Å². The molecule has 7 heteroatoms. The van der Waals surface area contributed by atoms with E-state index in [9.17, 15) is 9.59 Å². The predicted molar refractivity (Wildman–Crippen MR) is 57.8 cm³/mol. The molecule has 1 rings (SSSR count). The zero-order chi connectivity index (χ0) is 12.8. The summed E-state index contributed by atoms with van der Waals surface area (Å²) in [6, 6.07) is 0. The molecule has 1 aromatic rings. The molecule has 102 valence electrons. The molecule has 0 radical (unpaired) electrons. The van der Waals surface area contributed by atoms with E-state index < -0.39 is 18.0 Å². The summed E-state index contributed by atoms with van der Waals surface area (Å²) in [5.74, 6) is -0.999. The molecule has 0 aromatic carbocycles. The molecule has 0 amide bonds. The molecule has 0 aliphatic rings. The highest BCUT2D eigenvalue weighted by molar-refractivity contribution is 5.78. The topological polar surface area (TPSA) is 61.4 Å². The Bertz CT molecular complexity index is 406. The first-order chi connectivity index (χ1) is 8.02. The van der Waals surface area contributed by atoms with Crippen LogP contribution in [0.15, 0.2) is 18.7 Å². The van der Waals surface area contributed by atoms with Crippen LogP contribution in [0.1, 0.15) is 13.8 Å². The van der Waals surface area contributed by atoms with Gasteiger partial charge in [-0.25, -0.2) is 18.7 Å². The van der Waals surface area contributed by atoms with E-state index in [1.54, 1.807) is 24.0 Å². The Morgan fingerprint density at radius 2 is 2.11 bits per heavy atom. The second-order valence-electron chi connectivity index (χ2n) is 3.64. The summed E-state index contributed by atoms with van der Waals surface area (Å²) in [5, 5.41) is 0. The number of nitrogens with zero attached hydrogens (tertiary/aromatic N) is 2. The third kappa shape index (κ3) is 5.31. The van der Waals surface area contributed by atoms with Gasteiger partial charge in [-0.1, -0.05) is 0 Å². The summed E-state index contributed by atoms with van der Waals surface area (Å²) in [6.45, 7) is 3.54. The maximum Gasteiger partial charge on any atom is 0.349 e. The van der Waals surface area contributed by atoms with Crippen molar-refractivity contribution in [3.63, 3.8) is 0 Å². The minimum atomic E-state index is -0.869. The van der Waals surface area contributed by atoms with Gasteiger partial charge in [0.25, 0.3) is 0 Å². The van der Waals surface area contributed by atoms with Crippen LogP contribution in [0.5, 0.6) is 0 Å². The molecule has 0 N–H and O–H groups in total. The van der Waals surface area contributed by atoms with Gasteiger partial charge in [-0.3, -0.25) is 0 Å². The van der Waals surface area contributed by atoms with Gasteiger partial charge in [0.1, 0.15) is 12.4 Å². The minimum absolute atomic E-state index is 0. The van der Waals surface area contributed by atoms with Crippen molar-refractivity contribution in [3.8, 4) is 0 Å². The van der Waals surface area contributed by atoms with E-state index in [-0.39, 0.29) is 30.1 Å². The Hall–Kier alpha value is -1.37. The maximum atomic E-state index is 11.5. The highest BCUT2D eigenvalue weighted by Crippen LogP contribution is 1.95. The van der Waals surface area contributed by atoms with Gasteiger partial charge in [-0.05, 0) is 13.8 Å². The number of carbonyl (C=O) groups is 2. The van der Waals surface area contributed by atoms with Crippen molar-refractivity contribution in [1.29, 1.82) is 0 Å². The highest BCUT2D eigenvalue weighted by Gasteiger charge is 2.20. The molecule has 0 fully saturated rings. The Morgan fingerprint density at radius 1 is 1.44 bits per heavy atom. The lowest BCUT2D eigenvalue weighted by molar-refractivity contribution is -0.685. The van der Waals surface area contributed by atoms with E-state index in [0.29, 0.717) is 0 Å². The third-order valence-corrected chi connectivity index (χ3v) is 2.06. The largest absolute Gasteiger partial charge is 1.00 e. The number of aryl methyl sites for hydroxylation is 1. The lowest BCUT2D eigenvalue weighted by atomic mass is 10.4. The first-order valence-electron chi connectivity index (χ1n) is 5.40. The number of imidazole rings is 1. The van der Waals surface area contributed by atoms with E-state index >= 15 is 0 Å². The van der Waals surface area contributed by atoms with Crippen molar-refractivity contribution in [1.82, 2.24) is 4.57 Å². The monoisotopic (exact) mass is 320 g/mol. The number of halogens is 1. The van der Waals surface area contributed by atoms with Gasteiger partial charge in [0.05, 0.1) is 13.7 Å². The van der Waals surface area contributed by atoms with E-state index in [1.807, 2.05) is 17.8 Å². The maximum absolute atomic E-state index is 11.5. The number of esters is 2. The van der Waals surface area contributed by atoms with E-state index in [4.69, 9.17) is 9.47 Å². The zero-order valence-electron chi connectivity index (χ0n) is 10.6. The molecule has 1 atom stereocenters. The number of aromatic nitrogens is 2. The van der Waals surface area contributed by atoms with E-state index in [1.165, 1.54) is 6.92 Å². The van der Waals surface area contributed by atoms with Crippen LogP contribution in [-0.2, 0) is 32.7 Å². The summed E-state index contributed by atoms with van der Waals surface area (Å²) in [5.41, 5.74) is 0. The smallest absolute Gasteiger partial charge is 0.349 e. The quantitative estimate of drug-likeness (QED) is 0.424. The van der Waals surface area contributed by atoms with Gasteiger partial charge in [-0.2, -0.15) is 0 Å². The van der Waals surface area contributed by atoms with Crippen molar-refractivity contribution in [2.45, 2.75) is 26.5 Å².